The number of methoxy groups -OCH3 is 1. The molecule has 0 saturated carbocycles. The predicted molar refractivity (Wildman–Crippen MR) is 86.8 cm³/mol. The maximum atomic E-state index is 12.1. The molecule has 1 aromatic carbocycles. The second kappa shape index (κ2) is 8.25. The molecule has 0 aromatic heterocycles. The summed E-state index contributed by atoms with van der Waals surface area (Å²) in [6, 6.07) is 4.05. The number of nitrogens with one attached hydrogen (secondary N) is 1. The SMILES string of the molecule is COc1cc(C)c(C(CCCCl)C(=O)NN)cc1C(C)C. The summed E-state index contributed by atoms with van der Waals surface area (Å²) in [4.78, 5) is 12.1. The van der Waals surface area contributed by atoms with Gasteiger partial charge in [-0.05, 0) is 48.4 Å². The summed E-state index contributed by atoms with van der Waals surface area (Å²) < 4.78 is 5.44. The number of aryl methyl sites for hydroxylation is 1. The number of ether oxygens (including phenoxy) is 1. The topological polar surface area (TPSA) is 64.3 Å². The number of rotatable bonds is 7. The number of hydrogen-bond acceptors (Lipinski definition) is 3. The first-order valence-corrected chi connectivity index (χ1v) is 7.74. The van der Waals surface area contributed by atoms with Gasteiger partial charge >= 0.3 is 0 Å². The molecule has 1 unspecified atom stereocenters. The minimum atomic E-state index is -0.280. The van der Waals surface area contributed by atoms with E-state index in [-0.39, 0.29) is 11.8 Å². The van der Waals surface area contributed by atoms with Crippen LogP contribution in [0.25, 0.3) is 0 Å². The fraction of sp³-hybridized carbons (Fsp3) is 0.562. The van der Waals surface area contributed by atoms with E-state index in [1.54, 1.807) is 7.11 Å². The number of nitrogens with two attached hydrogens (primary N) is 1. The number of hydrogen-bond donors (Lipinski definition) is 2. The minimum Gasteiger partial charge on any atom is -0.496 e. The van der Waals surface area contributed by atoms with Crippen molar-refractivity contribution in [3.8, 4) is 5.75 Å². The number of carbonyl (C=O) groups excluding carboxylic acids is 1. The quantitative estimate of drug-likeness (QED) is 0.352. The lowest BCUT2D eigenvalue weighted by molar-refractivity contribution is -0.122. The van der Waals surface area contributed by atoms with Crippen molar-refractivity contribution in [1.82, 2.24) is 5.43 Å². The minimum absolute atomic E-state index is 0.178. The van der Waals surface area contributed by atoms with E-state index in [1.807, 2.05) is 13.0 Å². The van der Waals surface area contributed by atoms with E-state index in [9.17, 15) is 4.79 Å². The zero-order valence-electron chi connectivity index (χ0n) is 13.2. The summed E-state index contributed by atoms with van der Waals surface area (Å²) in [6.45, 7) is 6.20. The molecule has 0 spiro atoms. The van der Waals surface area contributed by atoms with Crippen molar-refractivity contribution < 1.29 is 9.53 Å². The molecular formula is C16H25ClN2O2. The molecule has 0 aliphatic rings. The molecule has 3 N–H and O–H groups in total. The molecule has 1 rings (SSSR count). The first-order valence-electron chi connectivity index (χ1n) is 7.21. The molecule has 0 aliphatic heterocycles. The van der Waals surface area contributed by atoms with Gasteiger partial charge in [0.05, 0.1) is 13.0 Å². The second-order valence-corrected chi connectivity index (χ2v) is 5.88. The van der Waals surface area contributed by atoms with Crippen molar-refractivity contribution in [1.29, 1.82) is 0 Å². The van der Waals surface area contributed by atoms with Crippen LogP contribution < -0.4 is 16.0 Å². The number of benzene rings is 1. The van der Waals surface area contributed by atoms with Crippen molar-refractivity contribution in [2.24, 2.45) is 5.84 Å². The van der Waals surface area contributed by atoms with Gasteiger partial charge in [-0.3, -0.25) is 10.2 Å². The third kappa shape index (κ3) is 4.35. The fourth-order valence-corrected chi connectivity index (χ4v) is 2.68. The highest BCUT2D eigenvalue weighted by atomic mass is 35.5. The largest absolute Gasteiger partial charge is 0.496 e. The standard InChI is InChI=1S/C16H25ClN2O2/c1-10(2)13-9-14(11(3)8-15(13)21-4)12(6-5-7-17)16(20)19-18/h8-10,12H,5-7,18H2,1-4H3,(H,19,20). The summed E-state index contributed by atoms with van der Waals surface area (Å²) in [7, 11) is 1.66. The van der Waals surface area contributed by atoms with Crippen molar-refractivity contribution in [3.05, 3.63) is 28.8 Å². The van der Waals surface area contributed by atoms with Crippen LogP contribution in [-0.2, 0) is 4.79 Å². The van der Waals surface area contributed by atoms with Crippen LogP contribution in [0.2, 0.25) is 0 Å². The fourth-order valence-electron chi connectivity index (χ4n) is 2.53. The van der Waals surface area contributed by atoms with Gasteiger partial charge in [0.25, 0.3) is 0 Å². The zero-order chi connectivity index (χ0) is 16.0. The van der Waals surface area contributed by atoms with E-state index < -0.39 is 0 Å². The molecule has 4 nitrogen and oxygen atoms in total. The Balaban J connectivity index is 3.29. The molecule has 118 valence electrons. The zero-order valence-corrected chi connectivity index (χ0v) is 14.0. The molecule has 0 heterocycles. The molecule has 21 heavy (non-hydrogen) atoms. The Morgan fingerprint density at radius 2 is 2.05 bits per heavy atom. The van der Waals surface area contributed by atoms with Gasteiger partial charge in [-0.15, -0.1) is 11.6 Å². The molecule has 0 aliphatic carbocycles. The summed E-state index contributed by atoms with van der Waals surface area (Å²) >= 11 is 5.77. The van der Waals surface area contributed by atoms with Gasteiger partial charge in [0.2, 0.25) is 5.91 Å². The highest BCUT2D eigenvalue weighted by Gasteiger charge is 2.23. The van der Waals surface area contributed by atoms with Gasteiger partial charge in [-0.1, -0.05) is 19.9 Å². The van der Waals surface area contributed by atoms with E-state index in [1.165, 1.54) is 0 Å². The van der Waals surface area contributed by atoms with Gasteiger partial charge in [-0.25, -0.2) is 5.84 Å². The highest BCUT2D eigenvalue weighted by Crippen LogP contribution is 2.34. The van der Waals surface area contributed by atoms with Crippen molar-refractivity contribution in [2.75, 3.05) is 13.0 Å². The maximum Gasteiger partial charge on any atom is 0.241 e. The predicted octanol–water partition coefficient (Wildman–Crippen LogP) is 3.22. The van der Waals surface area contributed by atoms with Crippen LogP contribution in [0.1, 0.15) is 55.2 Å². The Morgan fingerprint density at radius 1 is 1.38 bits per heavy atom. The van der Waals surface area contributed by atoms with Crippen molar-refractivity contribution >= 4 is 17.5 Å². The van der Waals surface area contributed by atoms with E-state index in [2.05, 4.69) is 25.3 Å². The molecule has 0 bridgehead atoms. The monoisotopic (exact) mass is 312 g/mol. The smallest absolute Gasteiger partial charge is 0.241 e. The second-order valence-electron chi connectivity index (χ2n) is 5.50. The molecule has 1 aromatic rings. The van der Waals surface area contributed by atoms with Crippen LogP contribution in [0.5, 0.6) is 5.75 Å². The highest BCUT2D eigenvalue weighted by molar-refractivity contribution is 6.17. The Kier molecular flexibility index (Phi) is 6.99. The van der Waals surface area contributed by atoms with Crippen LogP contribution in [0.15, 0.2) is 12.1 Å². The van der Waals surface area contributed by atoms with Gasteiger partial charge in [0.15, 0.2) is 0 Å². The third-order valence-electron chi connectivity index (χ3n) is 3.70. The summed E-state index contributed by atoms with van der Waals surface area (Å²) in [5, 5.41) is 0. The van der Waals surface area contributed by atoms with Crippen LogP contribution in [0.3, 0.4) is 0 Å². The molecule has 0 saturated heterocycles. The lowest BCUT2D eigenvalue weighted by Crippen LogP contribution is -2.35. The Hall–Kier alpha value is -1.26. The van der Waals surface area contributed by atoms with Gasteiger partial charge in [0, 0.05) is 5.88 Å². The Bertz CT molecular complexity index is 489. The number of alkyl halides is 1. The summed E-state index contributed by atoms with van der Waals surface area (Å²) in [5.41, 5.74) is 5.38. The van der Waals surface area contributed by atoms with Crippen molar-refractivity contribution in [3.63, 3.8) is 0 Å². The molecule has 0 fully saturated rings. The number of amides is 1. The van der Waals surface area contributed by atoms with Crippen LogP contribution in [0, 0.1) is 6.92 Å². The Labute approximate surface area is 132 Å². The molecule has 1 amide bonds. The molecule has 0 radical (unpaired) electrons. The Morgan fingerprint density at radius 3 is 2.52 bits per heavy atom. The third-order valence-corrected chi connectivity index (χ3v) is 3.97. The van der Waals surface area contributed by atoms with Crippen LogP contribution in [-0.4, -0.2) is 18.9 Å². The number of hydrazine groups is 1. The molecular weight excluding hydrogens is 288 g/mol. The lowest BCUT2D eigenvalue weighted by atomic mass is 9.87. The average molecular weight is 313 g/mol. The van der Waals surface area contributed by atoms with E-state index in [0.29, 0.717) is 18.2 Å². The normalized spacial score (nSPS) is 12.3. The van der Waals surface area contributed by atoms with Crippen LogP contribution in [0.4, 0.5) is 0 Å². The molecule has 1 atom stereocenters. The van der Waals surface area contributed by atoms with Gasteiger partial charge < -0.3 is 4.74 Å². The first kappa shape index (κ1) is 17.8. The van der Waals surface area contributed by atoms with E-state index in [0.717, 1.165) is 28.9 Å². The van der Waals surface area contributed by atoms with Crippen LogP contribution >= 0.6 is 11.6 Å². The number of carbonyl (C=O) groups is 1. The van der Waals surface area contributed by atoms with Gasteiger partial charge in [-0.2, -0.15) is 0 Å². The summed E-state index contributed by atoms with van der Waals surface area (Å²) in [6.07, 6.45) is 1.44. The lowest BCUT2D eigenvalue weighted by Gasteiger charge is -2.21. The average Bonchev–Trinajstić information content (AvgIpc) is 2.47. The van der Waals surface area contributed by atoms with E-state index >= 15 is 0 Å². The van der Waals surface area contributed by atoms with Crippen molar-refractivity contribution in [2.45, 2.75) is 45.4 Å². The van der Waals surface area contributed by atoms with E-state index in [4.69, 9.17) is 22.2 Å². The summed E-state index contributed by atoms with van der Waals surface area (Å²) in [5.74, 6) is 6.57. The number of halogens is 1. The first-order chi connectivity index (χ1) is 9.96. The maximum absolute atomic E-state index is 12.1. The van der Waals surface area contributed by atoms with Gasteiger partial charge in [0.1, 0.15) is 5.75 Å². The molecule has 5 heteroatoms.